The predicted molar refractivity (Wildman–Crippen MR) is 66.6 cm³/mol. The molecule has 0 bridgehead atoms. The van der Waals surface area contributed by atoms with Crippen LogP contribution in [-0.4, -0.2) is 72.7 Å². The maximum Gasteiger partial charge on any atom is 0.277 e. The molecule has 17 heavy (non-hydrogen) atoms. The third kappa shape index (κ3) is 4.02. The average molecular weight is 296 g/mol. The Hall–Kier alpha value is 0.0464. The molecule has 0 aliphatic carbocycles. The SMILES string of the molecule is O=C(Nc1ccc(Cl)cc1Cl)c1cn[nH]n1.[K]. The van der Waals surface area contributed by atoms with Gasteiger partial charge in [-0.25, -0.2) is 0 Å². The van der Waals surface area contributed by atoms with E-state index in [4.69, 9.17) is 23.2 Å². The van der Waals surface area contributed by atoms with Gasteiger partial charge in [0.25, 0.3) is 5.91 Å². The number of nitrogens with zero attached hydrogens (tertiary/aromatic N) is 2. The van der Waals surface area contributed by atoms with Crippen LogP contribution in [0.5, 0.6) is 0 Å². The zero-order valence-electron chi connectivity index (χ0n) is 8.87. The molecule has 0 fully saturated rings. The van der Waals surface area contributed by atoms with Crippen LogP contribution in [0.15, 0.2) is 24.4 Å². The zero-order chi connectivity index (χ0) is 11.5. The summed E-state index contributed by atoms with van der Waals surface area (Å²) < 4.78 is 0. The fourth-order valence-electron chi connectivity index (χ4n) is 1.09. The van der Waals surface area contributed by atoms with Crippen molar-refractivity contribution < 1.29 is 4.79 Å². The Balaban J connectivity index is 0.00000144. The first-order chi connectivity index (χ1) is 7.66. The van der Waals surface area contributed by atoms with E-state index >= 15 is 0 Å². The van der Waals surface area contributed by atoms with Gasteiger partial charge in [-0.15, -0.1) is 0 Å². The van der Waals surface area contributed by atoms with E-state index < -0.39 is 5.91 Å². The smallest absolute Gasteiger partial charge is 0.277 e. The summed E-state index contributed by atoms with van der Waals surface area (Å²) in [6.45, 7) is 0. The van der Waals surface area contributed by atoms with Gasteiger partial charge < -0.3 is 5.32 Å². The van der Waals surface area contributed by atoms with Gasteiger partial charge in [-0.2, -0.15) is 15.4 Å². The number of carbonyl (C=O) groups excluding carboxylic acids is 1. The van der Waals surface area contributed by atoms with E-state index in [-0.39, 0.29) is 57.1 Å². The molecule has 0 aliphatic rings. The van der Waals surface area contributed by atoms with Gasteiger partial charge in [0.1, 0.15) is 0 Å². The van der Waals surface area contributed by atoms with Crippen LogP contribution < -0.4 is 5.32 Å². The summed E-state index contributed by atoms with van der Waals surface area (Å²) in [5, 5.41) is 13.0. The summed E-state index contributed by atoms with van der Waals surface area (Å²) >= 11 is 11.6. The molecule has 0 atom stereocenters. The van der Waals surface area contributed by atoms with Crippen LogP contribution in [0.25, 0.3) is 0 Å². The Morgan fingerprint density at radius 1 is 1.35 bits per heavy atom. The third-order valence-electron chi connectivity index (χ3n) is 1.83. The third-order valence-corrected chi connectivity index (χ3v) is 2.37. The summed E-state index contributed by atoms with van der Waals surface area (Å²) in [6.07, 6.45) is 1.32. The molecule has 0 spiro atoms. The standard InChI is InChI=1S/C9H6Cl2N4O.K/c10-5-1-2-7(6(11)3-5)13-9(16)8-4-12-15-14-8;/h1-4H,(H,13,16)(H,12,14,15);. The van der Waals surface area contributed by atoms with Crippen molar-refractivity contribution in [3.05, 3.63) is 40.1 Å². The minimum absolute atomic E-state index is 0. The number of benzene rings is 1. The van der Waals surface area contributed by atoms with E-state index in [1.54, 1.807) is 18.2 Å². The second kappa shape index (κ2) is 6.84. The molecular formula is C9H6Cl2KN4O. The van der Waals surface area contributed by atoms with Crippen LogP contribution in [0.1, 0.15) is 10.5 Å². The van der Waals surface area contributed by atoms with E-state index in [1.165, 1.54) is 6.20 Å². The van der Waals surface area contributed by atoms with Crippen molar-refractivity contribution in [2.75, 3.05) is 5.32 Å². The van der Waals surface area contributed by atoms with E-state index in [1.807, 2.05) is 0 Å². The van der Waals surface area contributed by atoms with Crippen molar-refractivity contribution in [1.29, 1.82) is 0 Å². The average Bonchev–Trinajstić information content (AvgIpc) is 2.75. The summed E-state index contributed by atoms with van der Waals surface area (Å²) in [7, 11) is 0. The summed E-state index contributed by atoms with van der Waals surface area (Å²) in [4.78, 5) is 11.6. The maximum atomic E-state index is 11.6. The van der Waals surface area contributed by atoms with Crippen molar-refractivity contribution in [3.63, 3.8) is 0 Å². The molecule has 0 aliphatic heterocycles. The number of aromatic nitrogens is 3. The molecule has 83 valence electrons. The molecule has 2 N–H and O–H groups in total. The van der Waals surface area contributed by atoms with Crippen LogP contribution >= 0.6 is 23.2 Å². The van der Waals surface area contributed by atoms with Crippen molar-refractivity contribution in [2.24, 2.45) is 0 Å². The van der Waals surface area contributed by atoms with Crippen LogP contribution in [-0.2, 0) is 0 Å². The Bertz CT molecular complexity index is 518. The van der Waals surface area contributed by atoms with Gasteiger partial charge in [0.05, 0.1) is 16.9 Å². The molecule has 0 unspecified atom stereocenters. The Labute approximate surface area is 150 Å². The number of rotatable bonds is 2. The molecular weight excluding hydrogens is 290 g/mol. The summed E-state index contributed by atoms with van der Waals surface area (Å²) in [6, 6.07) is 4.79. The van der Waals surface area contributed by atoms with Crippen molar-refractivity contribution >= 4 is 86.2 Å². The van der Waals surface area contributed by atoms with Gasteiger partial charge in [0.15, 0.2) is 5.69 Å². The normalized spacial score (nSPS) is 9.53. The van der Waals surface area contributed by atoms with Crippen LogP contribution in [0.2, 0.25) is 10.0 Å². The number of hydrogen-bond acceptors (Lipinski definition) is 3. The van der Waals surface area contributed by atoms with Crippen LogP contribution in [0.4, 0.5) is 5.69 Å². The molecule has 1 radical (unpaired) electrons. The summed E-state index contributed by atoms with van der Waals surface area (Å²) in [5.74, 6) is -0.391. The predicted octanol–water partition coefficient (Wildman–Crippen LogP) is 1.98. The van der Waals surface area contributed by atoms with Gasteiger partial charge in [-0.3, -0.25) is 4.79 Å². The minimum Gasteiger partial charge on any atom is -0.319 e. The van der Waals surface area contributed by atoms with E-state index in [2.05, 4.69) is 20.7 Å². The number of H-pyrrole nitrogens is 1. The molecule has 1 aromatic heterocycles. The first kappa shape index (κ1) is 15.1. The fourth-order valence-corrected chi connectivity index (χ4v) is 1.54. The minimum atomic E-state index is -0.391. The number of halogens is 2. The van der Waals surface area contributed by atoms with Crippen LogP contribution in [0, 0.1) is 0 Å². The largest absolute Gasteiger partial charge is 0.319 e. The Morgan fingerprint density at radius 3 is 2.71 bits per heavy atom. The second-order valence-corrected chi connectivity index (χ2v) is 3.78. The zero-order valence-corrected chi connectivity index (χ0v) is 13.5. The Kier molecular flexibility index (Phi) is 6.08. The van der Waals surface area contributed by atoms with Gasteiger partial charge in [-0.1, -0.05) is 23.2 Å². The quantitative estimate of drug-likeness (QED) is 0.833. The fraction of sp³-hybridized carbons (Fsp3) is 0. The number of carbonyl (C=O) groups is 1. The first-order valence-corrected chi connectivity index (χ1v) is 5.04. The molecule has 0 saturated carbocycles. The number of hydrogen-bond donors (Lipinski definition) is 2. The summed E-state index contributed by atoms with van der Waals surface area (Å²) in [5.41, 5.74) is 0.657. The van der Waals surface area contributed by atoms with Crippen LogP contribution in [0.3, 0.4) is 0 Å². The van der Waals surface area contributed by atoms with Crippen molar-refractivity contribution in [2.45, 2.75) is 0 Å². The van der Waals surface area contributed by atoms with Gasteiger partial charge >= 0.3 is 0 Å². The van der Waals surface area contributed by atoms with Gasteiger partial charge in [0, 0.05) is 56.4 Å². The molecule has 8 heteroatoms. The molecule has 2 aromatic rings. The first-order valence-electron chi connectivity index (χ1n) is 4.29. The molecule has 1 heterocycles. The van der Waals surface area contributed by atoms with E-state index in [9.17, 15) is 4.79 Å². The number of amides is 1. The molecule has 0 saturated heterocycles. The Morgan fingerprint density at radius 2 is 2.12 bits per heavy atom. The second-order valence-electron chi connectivity index (χ2n) is 2.93. The number of aromatic amines is 1. The monoisotopic (exact) mass is 295 g/mol. The molecule has 1 amide bonds. The maximum absolute atomic E-state index is 11.6. The number of nitrogens with one attached hydrogen (secondary N) is 2. The van der Waals surface area contributed by atoms with Gasteiger partial charge in [-0.05, 0) is 18.2 Å². The molecule has 5 nitrogen and oxygen atoms in total. The van der Waals surface area contributed by atoms with Crippen molar-refractivity contribution in [3.8, 4) is 0 Å². The van der Waals surface area contributed by atoms with Gasteiger partial charge in [0.2, 0.25) is 0 Å². The molecule has 1 aromatic carbocycles. The number of anilines is 1. The van der Waals surface area contributed by atoms with Crippen molar-refractivity contribution in [1.82, 2.24) is 15.4 Å². The topological polar surface area (TPSA) is 70.7 Å². The van der Waals surface area contributed by atoms with E-state index in [0.717, 1.165) is 0 Å². The van der Waals surface area contributed by atoms with E-state index in [0.29, 0.717) is 15.7 Å². The molecule has 2 rings (SSSR count).